The van der Waals surface area contributed by atoms with Crippen LogP contribution in [0.4, 0.5) is 5.69 Å². The summed E-state index contributed by atoms with van der Waals surface area (Å²) in [6, 6.07) is 13.4. The van der Waals surface area contributed by atoms with E-state index in [0.29, 0.717) is 5.52 Å². The van der Waals surface area contributed by atoms with Gasteiger partial charge < -0.3 is 0 Å². The highest BCUT2D eigenvalue weighted by Crippen LogP contribution is 2.34. The van der Waals surface area contributed by atoms with Gasteiger partial charge in [-0.3, -0.25) is 15.1 Å². The molecule has 3 rings (SSSR count). The van der Waals surface area contributed by atoms with Gasteiger partial charge in [-0.25, -0.2) is 8.42 Å². The van der Waals surface area contributed by atoms with Crippen LogP contribution in [0, 0.1) is 10.1 Å². The molecule has 2 aromatic carbocycles. The van der Waals surface area contributed by atoms with Gasteiger partial charge in [0.25, 0.3) is 5.69 Å². The number of sulfone groups is 1. The van der Waals surface area contributed by atoms with Gasteiger partial charge in [-0.2, -0.15) is 0 Å². The Bertz CT molecular complexity index is 969. The van der Waals surface area contributed by atoms with Crippen molar-refractivity contribution in [1.29, 1.82) is 0 Å². The topological polar surface area (TPSA) is 90.2 Å². The first-order valence-corrected chi connectivity index (χ1v) is 7.82. The van der Waals surface area contributed by atoms with E-state index in [2.05, 4.69) is 4.98 Å². The highest BCUT2D eigenvalue weighted by atomic mass is 32.2. The van der Waals surface area contributed by atoms with E-state index in [9.17, 15) is 18.5 Å². The number of nitro groups is 1. The molecule has 22 heavy (non-hydrogen) atoms. The molecule has 0 fully saturated rings. The number of nitrogens with zero attached hydrogens (tertiary/aromatic N) is 2. The van der Waals surface area contributed by atoms with Crippen LogP contribution in [0.5, 0.6) is 0 Å². The maximum absolute atomic E-state index is 12.7. The molecule has 0 aliphatic heterocycles. The fourth-order valence-corrected chi connectivity index (χ4v) is 3.70. The average molecular weight is 314 g/mol. The second-order valence-electron chi connectivity index (χ2n) is 4.56. The Morgan fingerprint density at radius 2 is 1.68 bits per heavy atom. The molecule has 110 valence electrons. The molecule has 3 aromatic rings. The van der Waals surface area contributed by atoms with E-state index in [1.165, 1.54) is 42.6 Å². The minimum atomic E-state index is -3.98. The van der Waals surface area contributed by atoms with E-state index in [0.717, 1.165) is 0 Å². The lowest BCUT2D eigenvalue weighted by Gasteiger charge is -2.07. The van der Waals surface area contributed by atoms with Crippen LogP contribution in [0.2, 0.25) is 0 Å². The largest absolute Gasteiger partial charge is 0.297 e. The number of hydrogen-bond acceptors (Lipinski definition) is 5. The van der Waals surface area contributed by atoms with E-state index in [-0.39, 0.29) is 15.2 Å². The zero-order chi connectivity index (χ0) is 15.7. The fraction of sp³-hybridized carbons (Fsp3) is 0. The zero-order valence-corrected chi connectivity index (χ0v) is 12.0. The molecule has 0 radical (unpaired) electrons. The van der Waals surface area contributed by atoms with E-state index in [4.69, 9.17) is 0 Å². The summed E-state index contributed by atoms with van der Waals surface area (Å²) < 4.78 is 25.4. The predicted molar refractivity (Wildman–Crippen MR) is 80.3 cm³/mol. The lowest BCUT2D eigenvalue weighted by atomic mass is 10.2. The molecular weight excluding hydrogens is 304 g/mol. The van der Waals surface area contributed by atoms with Crippen molar-refractivity contribution in [3.05, 3.63) is 70.9 Å². The second kappa shape index (κ2) is 5.19. The minimum absolute atomic E-state index is 0.0151. The van der Waals surface area contributed by atoms with E-state index < -0.39 is 20.4 Å². The van der Waals surface area contributed by atoms with Crippen molar-refractivity contribution in [2.45, 2.75) is 9.79 Å². The third-order valence-electron chi connectivity index (χ3n) is 3.25. The Kier molecular flexibility index (Phi) is 3.34. The van der Waals surface area contributed by atoms with Gasteiger partial charge in [-0.15, -0.1) is 0 Å². The molecule has 1 aromatic heterocycles. The van der Waals surface area contributed by atoms with Gasteiger partial charge in [0.2, 0.25) is 9.84 Å². The molecule has 0 bridgehead atoms. The van der Waals surface area contributed by atoms with Crippen molar-refractivity contribution >= 4 is 26.4 Å². The molecule has 0 aliphatic rings. The second-order valence-corrected chi connectivity index (χ2v) is 6.47. The van der Waals surface area contributed by atoms with Crippen LogP contribution in [-0.2, 0) is 9.84 Å². The van der Waals surface area contributed by atoms with Crippen LogP contribution in [0.1, 0.15) is 0 Å². The summed E-state index contributed by atoms with van der Waals surface area (Å²) >= 11 is 0. The Morgan fingerprint density at radius 3 is 2.36 bits per heavy atom. The fourth-order valence-electron chi connectivity index (χ4n) is 2.25. The van der Waals surface area contributed by atoms with Crippen molar-refractivity contribution in [2.24, 2.45) is 0 Å². The molecular formula is C15H10N2O4S. The quantitative estimate of drug-likeness (QED) is 0.547. The van der Waals surface area contributed by atoms with Crippen LogP contribution in [0.3, 0.4) is 0 Å². The van der Waals surface area contributed by atoms with Gasteiger partial charge in [0, 0.05) is 6.20 Å². The van der Waals surface area contributed by atoms with Crippen molar-refractivity contribution in [1.82, 2.24) is 4.98 Å². The molecule has 0 saturated heterocycles. The molecule has 0 N–H and O–H groups in total. The Labute approximate surface area is 126 Å². The summed E-state index contributed by atoms with van der Waals surface area (Å²) in [7, 11) is -3.98. The summed E-state index contributed by atoms with van der Waals surface area (Å²) in [4.78, 5) is 14.5. The smallest absolute Gasteiger partial charge is 0.258 e. The number of pyridine rings is 1. The van der Waals surface area contributed by atoms with E-state index >= 15 is 0 Å². The van der Waals surface area contributed by atoms with Gasteiger partial charge in [-0.05, 0) is 36.4 Å². The predicted octanol–water partition coefficient (Wildman–Crippen LogP) is 2.98. The van der Waals surface area contributed by atoms with Crippen LogP contribution in [-0.4, -0.2) is 18.3 Å². The van der Waals surface area contributed by atoms with Crippen LogP contribution >= 0.6 is 0 Å². The average Bonchev–Trinajstić information content (AvgIpc) is 2.54. The summed E-state index contributed by atoms with van der Waals surface area (Å²) in [5.41, 5.74) is -0.0735. The Balaban J connectivity index is 2.37. The van der Waals surface area contributed by atoms with Crippen LogP contribution in [0.25, 0.3) is 10.9 Å². The maximum Gasteiger partial charge on any atom is 0.297 e. The van der Waals surface area contributed by atoms with E-state index in [1.807, 2.05) is 0 Å². The highest BCUT2D eigenvalue weighted by molar-refractivity contribution is 7.91. The molecule has 0 spiro atoms. The van der Waals surface area contributed by atoms with Crippen LogP contribution < -0.4 is 0 Å². The summed E-state index contributed by atoms with van der Waals surface area (Å²) in [6.45, 7) is 0. The molecule has 0 aliphatic carbocycles. The highest BCUT2D eigenvalue weighted by Gasteiger charge is 2.29. The molecule has 0 amide bonds. The molecule has 1 heterocycles. The number of nitro benzene ring substituents is 1. The first-order valence-electron chi connectivity index (χ1n) is 6.34. The van der Waals surface area contributed by atoms with Gasteiger partial charge in [0.05, 0.1) is 20.7 Å². The van der Waals surface area contributed by atoms with Crippen molar-refractivity contribution in [3.63, 3.8) is 0 Å². The summed E-state index contributed by atoms with van der Waals surface area (Å²) in [6.07, 6.45) is 1.50. The molecule has 7 heteroatoms. The van der Waals surface area contributed by atoms with Crippen molar-refractivity contribution in [2.75, 3.05) is 0 Å². The lowest BCUT2D eigenvalue weighted by molar-refractivity contribution is -0.386. The van der Waals surface area contributed by atoms with Gasteiger partial charge in [0.1, 0.15) is 4.90 Å². The molecule has 6 nitrogen and oxygen atoms in total. The van der Waals surface area contributed by atoms with Gasteiger partial charge in [0.15, 0.2) is 0 Å². The van der Waals surface area contributed by atoms with E-state index in [1.54, 1.807) is 18.2 Å². The number of fused-ring (bicyclic) bond motifs is 1. The van der Waals surface area contributed by atoms with Crippen molar-refractivity contribution < 1.29 is 13.3 Å². The number of hydrogen-bond donors (Lipinski definition) is 0. The van der Waals surface area contributed by atoms with Gasteiger partial charge in [-0.1, -0.05) is 18.2 Å². The summed E-state index contributed by atoms with van der Waals surface area (Å²) in [5, 5.41) is 11.6. The summed E-state index contributed by atoms with van der Waals surface area (Å²) in [5.74, 6) is 0. The SMILES string of the molecule is O=[N+]([O-])c1c(S(=O)(=O)c2ccccc2)ccc2ncccc12. The number of aromatic nitrogens is 1. The maximum atomic E-state index is 12.7. The Hall–Kier alpha value is -2.80. The third-order valence-corrected chi connectivity index (χ3v) is 5.05. The zero-order valence-electron chi connectivity index (χ0n) is 11.2. The lowest BCUT2D eigenvalue weighted by Crippen LogP contribution is -2.06. The minimum Gasteiger partial charge on any atom is -0.258 e. The monoisotopic (exact) mass is 314 g/mol. The first-order chi connectivity index (χ1) is 10.5. The third kappa shape index (κ3) is 2.21. The molecule has 0 saturated carbocycles. The molecule has 0 unspecified atom stereocenters. The van der Waals surface area contributed by atoms with Crippen molar-refractivity contribution in [3.8, 4) is 0 Å². The first kappa shape index (κ1) is 14.2. The number of rotatable bonds is 3. The van der Waals surface area contributed by atoms with Gasteiger partial charge >= 0.3 is 0 Å². The van der Waals surface area contributed by atoms with Crippen LogP contribution in [0.15, 0.2) is 70.6 Å². The Morgan fingerprint density at radius 1 is 0.955 bits per heavy atom. The standard InChI is InChI=1S/C15H10N2O4S/c18-17(19)15-12-7-4-10-16-13(12)8-9-14(15)22(20,21)11-5-2-1-3-6-11/h1-10H. The normalized spacial score (nSPS) is 11.5. The molecule has 0 atom stereocenters. The number of benzene rings is 2.